The molecule has 2 aromatic heterocycles. The monoisotopic (exact) mass is 398 g/mol. The van der Waals surface area contributed by atoms with Gasteiger partial charge in [-0.2, -0.15) is 5.10 Å². The molecule has 1 atom stereocenters. The molecule has 2 aromatic rings. The Kier molecular flexibility index (Phi) is 5.56. The van der Waals surface area contributed by atoms with Crippen molar-refractivity contribution >= 4 is 23.1 Å². The van der Waals surface area contributed by atoms with Crippen molar-refractivity contribution in [2.45, 2.75) is 39.8 Å². The van der Waals surface area contributed by atoms with Gasteiger partial charge in [0.05, 0.1) is 17.4 Å². The lowest BCUT2D eigenvalue weighted by Gasteiger charge is -2.39. The van der Waals surface area contributed by atoms with Crippen LogP contribution in [0.4, 0.5) is 10.5 Å². The highest BCUT2D eigenvalue weighted by Crippen LogP contribution is 2.25. The quantitative estimate of drug-likeness (QED) is 0.833. The summed E-state index contributed by atoms with van der Waals surface area (Å²) in [5.74, 6) is 0.445. The van der Waals surface area contributed by atoms with Crippen LogP contribution in [0.5, 0.6) is 0 Å². The smallest absolute Gasteiger partial charge is 0.298 e. The van der Waals surface area contributed by atoms with Crippen LogP contribution in [0.3, 0.4) is 0 Å². The Morgan fingerprint density at radius 3 is 2.55 bits per heavy atom. The zero-order valence-electron chi connectivity index (χ0n) is 17.5. The van der Waals surface area contributed by atoms with Crippen molar-refractivity contribution in [2.75, 3.05) is 37.6 Å². The number of imide groups is 1. The van der Waals surface area contributed by atoms with E-state index in [0.29, 0.717) is 24.9 Å². The molecule has 156 valence electrons. The highest BCUT2D eigenvalue weighted by Gasteiger charge is 2.27. The fourth-order valence-corrected chi connectivity index (χ4v) is 4.12. The molecule has 0 spiro atoms. The van der Waals surface area contributed by atoms with Crippen LogP contribution in [0.1, 0.15) is 32.8 Å². The van der Waals surface area contributed by atoms with E-state index < -0.39 is 0 Å². The summed E-state index contributed by atoms with van der Waals surface area (Å²) < 4.78 is 1.78. The number of nitrogens with zero attached hydrogens (tertiary/aromatic N) is 5. The van der Waals surface area contributed by atoms with Gasteiger partial charge in [-0.3, -0.25) is 24.8 Å². The molecular weight excluding hydrogens is 368 g/mol. The molecule has 2 aliphatic heterocycles. The van der Waals surface area contributed by atoms with Gasteiger partial charge >= 0.3 is 6.03 Å². The highest BCUT2D eigenvalue weighted by molar-refractivity contribution is 6.07. The maximum absolute atomic E-state index is 12.2. The third kappa shape index (κ3) is 4.13. The fraction of sp³-hybridized carbons (Fsp3) is 0.571. The highest BCUT2D eigenvalue weighted by atomic mass is 16.2. The van der Waals surface area contributed by atoms with Gasteiger partial charge in [0.25, 0.3) is 0 Å². The largest absolute Gasteiger partial charge is 0.328 e. The Hall–Kier alpha value is -2.45. The molecule has 0 radical (unpaired) electrons. The number of hydrogen-bond donors (Lipinski definition) is 1. The average Bonchev–Trinajstić information content (AvgIpc) is 3.11. The van der Waals surface area contributed by atoms with E-state index in [0.717, 1.165) is 43.9 Å². The minimum atomic E-state index is -0.378. The second-order valence-corrected chi connectivity index (χ2v) is 8.45. The van der Waals surface area contributed by atoms with Crippen molar-refractivity contribution in [2.24, 2.45) is 5.92 Å². The fourth-order valence-electron chi connectivity index (χ4n) is 4.12. The number of aromatic nitrogens is 2. The Morgan fingerprint density at radius 2 is 1.86 bits per heavy atom. The van der Waals surface area contributed by atoms with Gasteiger partial charge in [-0.05, 0) is 30.5 Å². The molecule has 8 heteroatoms. The minimum absolute atomic E-state index is 0.227. The summed E-state index contributed by atoms with van der Waals surface area (Å²) in [5.41, 5.74) is 2.84. The van der Waals surface area contributed by atoms with E-state index in [-0.39, 0.29) is 11.9 Å². The Labute approximate surface area is 171 Å². The summed E-state index contributed by atoms with van der Waals surface area (Å²) >= 11 is 0. The second-order valence-electron chi connectivity index (χ2n) is 8.45. The van der Waals surface area contributed by atoms with Crippen molar-refractivity contribution < 1.29 is 9.59 Å². The van der Waals surface area contributed by atoms with Gasteiger partial charge in [-0.1, -0.05) is 13.8 Å². The summed E-state index contributed by atoms with van der Waals surface area (Å²) in [6.45, 7) is 12.5. The van der Waals surface area contributed by atoms with Crippen LogP contribution in [-0.4, -0.2) is 70.1 Å². The van der Waals surface area contributed by atoms with Gasteiger partial charge in [0.15, 0.2) is 0 Å². The first-order valence-corrected chi connectivity index (χ1v) is 10.5. The van der Waals surface area contributed by atoms with Gasteiger partial charge in [0.2, 0.25) is 5.91 Å². The van der Waals surface area contributed by atoms with Crippen LogP contribution < -0.4 is 10.2 Å². The molecule has 8 nitrogen and oxygen atoms in total. The topological polar surface area (TPSA) is 73.2 Å². The van der Waals surface area contributed by atoms with Crippen LogP contribution >= 0.6 is 0 Å². The maximum atomic E-state index is 12.2. The van der Waals surface area contributed by atoms with Crippen LogP contribution in [0.2, 0.25) is 0 Å². The normalized spacial score (nSPS) is 20.5. The number of carbonyl (C=O) groups excluding carboxylic acids is 2. The van der Waals surface area contributed by atoms with Gasteiger partial charge in [0.1, 0.15) is 0 Å². The van der Waals surface area contributed by atoms with Crippen molar-refractivity contribution in [1.82, 2.24) is 24.7 Å². The van der Waals surface area contributed by atoms with Crippen molar-refractivity contribution in [1.29, 1.82) is 0 Å². The molecule has 1 unspecified atom stereocenters. The lowest BCUT2D eigenvalue weighted by atomic mass is 10.0. The standard InChI is InChI=1S/C21H30N6O2/c1-15(2)16(3)25-10-8-24(9-11-25)14-17-4-7-27-18(12-17)19(13-22-27)26-6-5-20(28)23-21(26)29/h4,7,12-13,15-16H,5-6,8-11,14H2,1-3H3,(H,23,28,29). The number of urea groups is 1. The van der Waals surface area contributed by atoms with Gasteiger partial charge in [0, 0.05) is 57.9 Å². The van der Waals surface area contributed by atoms with Crippen molar-refractivity contribution in [3.8, 4) is 0 Å². The number of rotatable bonds is 5. The molecule has 3 amide bonds. The molecule has 0 aromatic carbocycles. The Bertz CT molecular complexity index is 900. The van der Waals surface area contributed by atoms with Gasteiger partial charge < -0.3 is 0 Å². The van der Waals surface area contributed by atoms with E-state index in [2.05, 4.69) is 53.1 Å². The summed E-state index contributed by atoms with van der Waals surface area (Å²) in [5, 5.41) is 6.75. The summed E-state index contributed by atoms with van der Waals surface area (Å²) in [6.07, 6.45) is 3.95. The van der Waals surface area contributed by atoms with Crippen LogP contribution in [-0.2, 0) is 11.3 Å². The number of fused-ring (bicyclic) bond motifs is 1. The minimum Gasteiger partial charge on any atom is -0.298 e. The number of piperazine rings is 1. The third-order valence-electron chi connectivity index (χ3n) is 6.26. The van der Waals surface area contributed by atoms with Crippen LogP contribution in [0.15, 0.2) is 24.5 Å². The van der Waals surface area contributed by atoms with Crippen molar-refractivity contribution in [3.63, 3.8) is 0 Å². The first kappa shape index (κ1) is 19.8. The van der Waals surface area contributed by atoms with Crippen LogP contribution in [0.25, 0.3) is 5.52 Å². The third-order valence-corrected chi connectivity index (χ3v) is 6.26. The zero-order valence-corrected chi connectivity index (χ0v) is 17.5. The Morgan fingerprint density at radius 1 is 1.10 bits per heavy atom. The maximum Gasteiger partial charge on any atom is 0.328 e. The molecule has 2 fully saturated rings. The van der Waals surface area contributed by atoms with E-state index >= 15 is 0 Å². The first-order chi connectivity index (χ1) is 13.9. The average molecular weight is 399 g/mol. The molecule has 0 aliphatic carbocycles. The number of hydrogen-bond acceptors (Lipinski definition) is 5. The number of anilines is 1. The lowest BCUT2D eigenvalue weighted by molar-refractivity contribution is -0.120. The molecule has 0 saturated carbocycles. The molecule has 2 aliphatic rings. The van der Waals surface area contributed by atoms with E-state index in [1.165, 1.54) is 5.56 Å². The van der Waals surface area contributed by atoms with Gasteiger partial charge in [-0.25, -0.2) is 9.31 Å². The molecule has 2 saturated heterocycles. The van der Waals surface area contributed by atoms with Crippen molar-refractivity contribution in [3.05, 3.63) is 30.1 Å². The summed E-state index contributed by atoms with van der Waals surface area (Å²) in [7, 11) is 0. The van der Waals surface area contributed by atoms with E-state index in [4.69, 9.17) is 0 Å². The summed E-state index contributed by atoms with van der Waals surface area (Å²) in [4.78, 5) is 30.3. The predicted molar refractivity (Wildman–Crippen MR) is 112 cm³/mol. The molecule has 4 heterocycles. The molecular formula is C21H30N6O2. The molecule has 1 N–H and O–H groups in total. The summed E-state index contributed by atoms with van der Waals surface area (Å²) in [6, 6.07) is 4.43. The first-order valence-electron chi connectivity index (χ1n) is 10.5. The zero-order chi connectivity index (χ0) is 20.5. The number of nitrogens with one attached hydrogen (secondary N) is 1. The van der Waals surface area contributed by atoms with Crippen LogP contribution in [0, 0.1) is 5.92 Å². The van der Waals surface area contributed by atoms with E-state index in [9.17, 15) is 9.59 Å². The number of carbonyl (C=O) groups is 2. The molecule has 0 bridgehead atoms. The predicted octanol–water partition coefficient (Wildman–Crippen LogP) is 1.94. The van der Waals surface area contributed by atoms with E-state index in [1.54, 1.807) is 15.6 Å². The number of amides is 3. The molecule has 29 heavy (non-hydrogen) atoms. The SMILES string of the molecule is CC(C)C(C)N1CCN(Cc2ccn3ncc(N4CCC(=O)NC4=O)c3c2)CC1. The molecule has 4 rings (SSSR count). The van der Waals surface area contributed by atoms with Gasteiger partial charge in [-0.15, -0.1) is 0 Å². The lowest BCUT2D eigenvalue weighted by Crippen LogP contribution is -2.50. The second kappa shape index (κ2) is 8.12. The Balaban J connectivity index is 1.46. The van der Waals surface area contributed by atoms with E-state index in [1.807, 2.05) is 6.20 Å². The number of pyridine rings is 1.